The molecule has 1 aliphatic heterocycles. The van der Waals surface area contributed by atoms with Gasteiger partial charge in [0.15, 0.2) is 6.04 Å². The van der Waals surface area contributed by atoms with Crippen molar-refractivity contribution in [2.75, 3.05) is 26.3 Å². The van der Waals surface area contributed by atoms with E-state index in [0.717, 1.165) is 11.4 Å². The Morgan fingerprint density at radius 3 is 2.59 bits per heavy atom. The number of carboxylic acid groups (broad SMARTS) is 1. The van der Waals surface area contributed by atoms with Crippen LogP contribution < -0.4 is 0 Å². The van der Waals surface area contributed by atoms with Crippen molar-refractivity contribution in [2.24, 2.45) is 7.05 Å². The van der Waals surface area contributed by atoms with E-state index in [4.69, 9.17) is 4.74 Å². The number of nitrogens with zero attached hydrogens (tertiary/aromatic N) is 3. The van der Waals surface area contributed by atoms with E-state index in [1.165, 1.54) is 0 Å². The first kappa shape index (κ1) is 14.7. The van der Waals surface area contributed by atoms with Crippen molar-refractivity contribution in [3.05, 3.63) is 42.2 Å². The largest absolute Gasteiger partial charge is 0.480 e. The summed E-state index contributed by atoms with van der Waals surface area (Å²) < 4.78 is 7.18. The quantitative estimate of drug-likeness (QED) is 0.928. The number of ether oxygens (including phenoxy) is 1. The maximum Gasteiger partial charge on any atom is 0.327 e. The second-order valence-electron chi connectivity index (χ2n) is 5.32. The normalized spacial score (nSPS) is 17.3. The Morgan fingerprint density at radius 1 is 1.27 bits per heavy atom. The van der Waals surface area contributed by atoms with E-state index in [2.05, 4.69) is 4.98 Å². The van der Waals surface area contributed by atoms with Gasteiger partial charge in [-0.25, -0.2) is 4.98 Å². The van der Waals surface area contributed by atoms with Gasteiger partial charge in [-0.05, 0) is 0 Å². The lowest BCUT2D eigenvalue weighted by Gasteiger charge is -2.31. The summed E-state index contributed by atoms with van der Waals surface area (Å²) in [5.74, 6) is -0.0837. The monoisotopic (exact) mass is 301 g/mol. The highest BCUT2D eigenvalue weighted by Crippen LogP contribution is 2.26. The maximum atomic E-state index is 11.8. The van der Waals surface area contributed by atoms with Crippen LogP contribution in [0.1, 0.15) is 11.7 Å². The lowest BCUT2D eigenvalue weighted by atomic mass is 10.1. The summed E-state index contributed by atoms with van der Waals surface area (Å²) in [6.45, 7) is 2.35. The molecule has 1 fully saturated rings. The van der Waals surface area contributed by atoms with Crippen molar-refractivity contribution >= 4 is 5.97 Å². The van der Waals surface area contributed by atoms with Gasteiger partial charge in [0.25, 0.3) is 0 Å². The molecule has 1 aromatic carbocycles. The molecule has 116 valence electrons. The predicted molar refractivity (Wildman–Crippen MR) is 81.4 cm³/mol. The summed E-state index contributed by atoms with van der Waals surface area (Å²) in [5.41, 5.74) is 1.66. The topological polar surface area (TPSA) is 67.6 Å². The van der Waals surface area contributed by atoms with E-state index >= 15 is 0 Å². The number of hydrogen-bond acceptors (Lipinski definition) is 4. The summed E-state index contributed by atoms with van der Waals surface area (Å²) >= 11 is 0. The fraction of sp³-hybridized carbons (Fsp3) is 0.375. The lowest BCUT2D eigenvalue weighted by Crippen LogP contribution is -2.42. The number of carboxylic acids is 1. The molecule has 1 atom stereocenters. The third-order valence-electron chi connectivity index (χ3n) is 3.98. The van der Waals surface area contributed by atoms with Crippen LogP contribution in [-0.2, 0) is 16.6 Å². The summed E-state index contributed by atoms with van der Waals surface area (Å²) in [5, 5.41) is 9.66. The fourth-order valence-electron chi connectivity index (χ4n) is 2.84. The highest BCUT2D eigenvalue weighted by Gasteiger charge is 2.31. The number of aromatic nitrogens is 2. The highest BCUT2D eigenvalue weighted by molar-refractivity contribution is 5.75. The third kappa shape index (κ3) is 2.75. The van der Waals surface area contributed by atoms with Gasteiger partial charge in [0.1, 0.15) is 5.82 Å². The molecule has 1 aromatic heterocycles. The molecule has 0 saturated carbocycles. The number of rotatable bonds is 4. The van der Waals surface area contributed by atoms with E-state index in [1.807, 2.05) is 46.8 Å². The van der Waals surface area contributed by atoms with Crippen LogP contribution in [0.5, 0.6) is 0 Å². The number of carbonyl (C=O) groups is 1. The van der Waals surface area contributed by atoms with Gasteiger partial charge in [0.2, 0.25) is 0 Å². The molecule has 0 spiro atoms. The van der Waals surface area contributed by atoms with Gasteiger partial charge in [0.05, 0.1) is 25.1 Å². The molecule has 0 amide bonds. The van der Waals surface area contributed by atoms with Gasteiger partial charge in [-0.2, -0.15) is 0 Å². The van der Waals surface area contributed by atoms with Crippen LogP contribution in [0.3, 0.4) is 0 Å². The second-order valence-corrected chi connectivity index (χ2v) is 5.32. The molecule has 6 heteroatoms. The molecule has 3 rings (SSSR count). The first-order chi connectivity index (χ1) is 10.7. The number of imidazole rings is 1. The number of morpholine rings is 1. The Hall–Kier alpha value is -2.18. The molecule has 0 bridgehead atoms. The van der Waals surface area contributed by atoms with E-state index in [9.17, 15) is 9.90 Å². The third-order valence-corrected chi connectivity index (χ3v) is 3.98. The van der Waals surface area contributed by atoms with E-state index < -0.39 is 12.0 Å². The van der Waals surface area contributed by atoms with Crippen molar-refractivity contribution in [3.63, 3.8) is 0 Å². The Morgan fingerprint density at radius 2 is 1.95 bits per heavy atom. The molecule has 22 heavy (non-hydrogen) atoms. The minimum Gasteiger partial charge on any atom is -0.480 e. The molecule has 1 saturated heterocycles. The van der Waals surface area contributed by atoms with Crippen molar-refractivity contribution in [1.82, 2.24) is 14.5 Å². The first-order valence-corrected chi connectivity index (χ1v) is 7.30. The molecule has 1 aliphatic rings. The molecule has 0 radical (unpaired) electrons. The molecular weight excluding hydrogens is 282 g/mol. The molecule has 6 nitrogen and oxygen atoms in total. The van der Waals surface area contributed by atoms with Gasteiger partial charge in [-0.3, -0.25) is 9.69 Å². The van der Waals surface area contributed by atoms with Crippen LogP contribution in [0.25, 0.3) is 11.4 Å². The lowest BCUT2D eigenvalue weighted by molar-refractivity contribution is -0.145. The number of benzene rings is 1. The molecule has 2 aromatic rings. The Bertz CT molecular complexity index is 648. The van der Waals surface area contributed by atoms with E-state index in [1.54, 1.807) is 6.20 Å². The minimum atomic E-state index is -0.857. The summed E-state index contributed by atoms with van der Waals surface area (Å²) in [6.07, 6.45) is 1.66. The van der Waals surface area contributed by atoms with Gasteiger partial charge in [-0.1, -0.05) is 30.3 Å². The van der Waals surface area contributed by atoms with Crippen molar-refractivity contribution in [1.29, 1.82) is 0 Å². The standard InChI is InChI=1S/C16H19N3O3/c1-18-13(11-17-15(18)12-5-3-2-4-6-12)14(16(20)21)19-7-9-22-10-8-19/h2-6,11,14H,7-10H2,1H3,(H,20,21). The minimum absolute atomic E-state index is 0.563. The van der Waals surface area contributed by atoms with Crippen LogP contribution in [0.4, 0.5) is 0 Å². The van der Waals surface area contributed by atoms with Gasteiger partial charge in [-0.15, -0.1) is 0 Å². The van der Waals surface area contributed by atoms with Crippen molar-refractivity contribution in [3.8, 4) is 11.4 Å². The zero-order valence-electron chi connectivity index (χ0n) is 12.5. The highest BCUT2D eigenvalue weighted by atomic mass is 16.5. The molecular formula is C16H19N3O3. The Labute approximate surface area is 129 Å². The van der Waals surface area contributed by atoms with Crippen molar-refractivity contribution in [2.45, 2.75) is 6.04 Å². The zero-order chi connectivity index (χ0) is 15.5. The number of aliphatic carboxylic acids is 1. The maximum absolute atomic E-state index is 11.8. The summed E-state index contributed by atoms with van der Waals surface area (Å²) in [7, 11) is 1.86. The van der Waals surface area contributed by atoms with E-state index in [0.29, 0.717) is 32.0 Å². The molecule has 2 heterocycles. The van der Waals surface area contributed by atoms with Crippen LogP contribution in [0, 0.1) is 0 Å². The second kappa shape index (κ2) is 6.29. The Balaban J connectivity index is 1.96. The van der Waals surface area contributed by atoms with Crippen LogP contribution >= 0.6 is 0 Å². The van der Waals surface area contributed by atoms with Crippen LogP contribution in [0.15, 0.2) is 36.5 Å². The summed E-state index contributed by atoms with van der Waals surface area (Å²) in [4.78, 5) is 18.1. The van der Waals surface area contributed by atoms with Gasteiger partial charge < -0.3 is 14.4 Å². The van der Waals surface area contributed by atoms with Crippen molar-refractivity contribution < 1.29 is 14.6 Å². The zero-order valence-corrected chi connectivity index (χ0v) is 12.5. The summed E-state index contributed by atoms with van der Waals surface area (Å²) in [6, 6.07) is 9.08. The van der Waals surface area contributed by atoms with Crippen LogP contribution in [-0.4, -0.2) is 51.8 Å². The van der Waals surface area contributed by atoms with E-state index in [-0.39, 0.29) is 0 Å². The Kier molecular flexibility index (Phi) is 4.22. The SMILES string of the molecule is Cn1c(C(C(=O)O)N2CCOCC2)cnc1-c1ccccc1. The molecule has 1 unspecified atom stereocenters. The van der Waals surface area contributed by atoms with Gasteiger partial charge >= 0.3 is 5.97 Å². The average Bonchev–Trinajstić information content (AvgIpc) is 2.91. The molecule has 0 aliphatic carbocycles. The number of hydrogen-bond donors (Lipinski definition) is 1. The van der Waals surface area contributed by atoms with Gasteiger partial charge in [0, 0.05) is 25.7 Å². The smallest absolute Gasteiger partial charge is 0.327 e. The van der Waals surface area contributed by atoms with Crippen LogP contribution in [0.2, 0.25) is 0 Å². The predicted octanol–water partition coefficient (Wildman–Crippen LogP) is 1.54. The molecule has 1 N–H and O–H groups in total. The first-order valence-electron chi connectivity index (χ1n) is 7.30. The fourth-order valence-corrected chi connectivity index (χ4v) is 2.84. The average molecular weight is 301 g/mol.